The van der Waals surface area contributed by atoms with Gasteiger partial charge in [-0.25, -0.2) is 0 Å². The van der Waals surface area contributed by atoms with Gasteiger partial charge in [-0.15, -0.1) is 0 Å². The Morgan fingerprint density at radius 2 is 1.88 bits per heavy atom. The number of fused-ring (bicyclic) bond motifs is 1. The highest BCUT2D eigenvalue weighted by atomic mass is 16.5. The van der Waals surface area contributed by atoms with E-state index in [-0.39, 0.29) is 41.1 Å². The van der Waals surface area contributed by atoms with E-state index in [1.807, 2.05) is 0 Å². The summed E-state index contributed by atoms with van der Waals surface area (Å²) in [4.78, 5) is 24.8. The van der Waals surface area contributed by atoms with E-state index in [4.69, 9.17) is 18.9 Å². The van der Waals surface area contributed by atoms with Gasteiger partial charge in [-0.3, -0.25) is 9.59 Å². The first-order chi connectivity index (χ1) is 12.0. The third kappa shape index (κ3) is 2.71. The van der Waals surface area contributed by atoms with E-state index in [0.29, 0.717) is 17.9 Å². The fraction of sp³-hybridized carbons (Fsp3) is 0.333. The lowest BCUT2D eigenvalue weighted by atomic mass is 9.84. The van der Waals surface area contributed by atoms with Crippen molar-refractivity contribution < 1.29 is 33.6 Å². The largest absolute Gasteiger partial charge is 0.502 e. The fourth-order valence-corrected chi connectivity index (χ4v) is 3.12. The van der Waals surface area contributed by atoms with Gasteiger partial charge in [0.2, 0.25) is 5.75 Å². The molecular formula is C18H18O7. The van der Waals surface area contributed by atoms with Crippen LogP contribution in [0.3, 0.4) is 0 Å². The number of rotatable bonds is 4. The van der Waals surface area contributed by atoms with Crippen LogP contribution < -0.4 is 9.47 Å². The highest BCUT2D eigenvalue weighted by molar-refractivity contribution is 6.21. The molecule has 1 heterocycles. The fourth-order valence-electron chi connectivity index (χ4n) is 3.12. The van der Waals surface area contributed by atoms with E-state index < -0.39 is 5.78 Å². The van der Waals surface area contributed by atoms with E-state index in [9.17, 15) is 14.7 Å². The second-order valence-electron chi connectivity index (χ2n) is 5.67. The zero-order valence-electron chi connectivity index (χ0n) is 14.1. The Labute approximate surface area is 144 Å². The SMILES string of the molecule is COC1=CC(=O)C(C2COc3c(ccc(OC)c3O)C2)=C(OC)C1=O. The number of hydrogen-bond acceptors (Lipinski definition) is 7. The molecule has 1 aliphatic carbocycles. The maximum Gasteiger partial charge on any atom is 0.262 e. The summed E-state index contributed by atoms with van der Waals surface area (Å²) in [6, 6.07) is 3.39. The monoisotopic (exact) mass is 346 g/mol. The molecular weight excluding hydrogens is 328 g/mol. The van der Waals surface area contributed by atoms with Gasteiger partial charge < -0.3 is 24.1 Å². The zero-order chi connectivity index (χ0) is 18.1. The summed E-state index contributed by atoms with van der Waals surface area (Å²) in [7, 11) is 4.12. The summed E-state index contributed by atoms with van der Waals surface area (Å²) in [6.07, 6.45) is 1.59. The molecule has 1 aliphatic heterocycles. The van der Waals surface area contributed by atoms with Crippen LogP contribution in [0.4, 0.5) is 0 Å². The van der Waals surface area contributed by atoms with E-state index in [0.717, 1.165) is 5.56 Å². The number of methoxy groups -OCH3 is 3. The summed E-state index contributed by atoms with van der Waals surface area (Å²) < 4.78 is 20.8. The van der Waals surface area contributed by atoms with Crippen LogP contribution in [-0.4, -0.2) is 44.6 Å². The van der Waals surface area contributed by atoms with Crippen molar-refractivity contribution >= 4 is 11.6 Å². The Morgan fingerprint density at radius 3 is 2.52 bits per heavy atom. The maximum absolute atomic E-state index is 12.5. The second kappa shape index (κ2) is 6.51. The Bertz CT molecular complexity index is 804. The lowest BCUT2D eigenvalue weighted by Crippen LogP contribution is -2.31. The zero-order valence-corrected chi connectivity index (χ0v) is 14.1. The minimum atomic E-state index is -0.469. The quantitative estimate of drug-likeness (QED) is 0.827. The van der Waals surface area contributed by atoms with Gasteiger partial charge in [0.15, 0.2) is 28.8 Å². The summed E-state index contributed by atoms with van der Waals surface area (Å²) in [6.45, 7) is 0.130. The van der Waals surface area contributed by atoms with Crippen molar-refractivity contribution in [2.75, 3.05) is 27.9 Å². The molecule has 0 saturated carbocycles. The first-order valence-corrected chi connectivity index (χ1v) is 7.66. The predicted octanol–water partition coefficient (Wildman–Crippen LogP) is 1.53. The summed E-state index contributed by atoms with van der Waals surface area (Å²) in [5, 5.41) is 10.2. The number of Topliss-reactive ketones (excluding diaryl/α,β-unsaturated/α-hetero) is 1. The van der Waals surface area contributed by atoms with Crippen LogP contribution in [0.25, 0.3) is 0 Å². The summed E-state index contributed by atoms with van der Waals surface area (Å²) in [5.74, 6) is -0.702. The van der Waals surface area contributed by atoms with Gasteiger partial charge >= 0.3 is 0 Å². The van der Waals surface area contributed by atoms with Crippen molar-refractivity contribution in [1.82, 2.24) is 0 Å². The van der Waals surface area contributed by atoms with Crippen LogP contribution in [0, 0.1) is 5.92 Å². The smallest absolute Gasteiger partial charge is 0.262 e. The number of carbonyl (C=O) groups is 2. The molecule has 132 valence electrons. The number of aromatic hydroxyl groups is 1. The van der Waals surface area contributed by atoms with E-state index in [1.54, 1.807) is 12.1 Å². The van der Waals surface area contributed by atoms with Crippen molar-refractivity contribution in [3.63, 3.8) is 0 Å². The first kappa shape index (κ1) is 16.9. The predicted molar refractivity (Wildman–Crippen MR) is 86.5 cm³/mol. The van der Waals surface area contributed by atoms with E-state index >= 15 is 0 Å². The maximum atomic E-state index is 12.5. The van der Waals surface area contributed by atoms with Crippen molar-refractivity contribution in [2.45, 2.75) is 6.42 Å². The number of phenolic OH excluding ortho intramolecular Hbond substituents is 1. The number of phenols is 1. The molecule has 25 heavy (non-hydrogen) atoms. The van der Waals surface area contributed by atoms with Crippen LogP contribution in [0.15, 0.2) is 35.3 Å². The number of benzene rings is 1. The third-order valence-electron chi connectivity index (χ3n) is 4.33. The number of allylic oxidation sites excluding steroid dienone is 1. The van der Waals surface area contributed by atoms with Gasteiger partial charge in [-0.2, -0.15) is 0 Å². The van der Waals surface area contributed by atoms with Crippen LogP contribution in [0.1, 0.15) is 5.56 Å². The van der Waals surface area contributed by atoms with Gasteiger partial charge in [-0.1, -0.05) is 6.07 Å². The highest BCUT2D eigenvalue weighted by Crippen LogP contribution is 2.43. The summed E-state index contributed by atoms with van der Waals surface area (Å²) >= 11 is 0. The molecule has 1 aromatic carbocycles. The molecule has 0 amide bonds. The number of ketones is 2. The molecule has 1 N–H and O–H groups in total. The van der Waals surface area contributed by atoms with Crippen molar-refractivity contribution in [3.8, 4) is 17.2 Å². The van der Waals surface area contributed by atoms with Crippen LogP contribution in [0.2, 0.25) is 0 Å². The molecule has 0 aromatic heterocycles. The average Bonchev–Trinajstić information content (AvgIpc) is 2.63. The molecule has 7 nitrogen and oxygen atoms in total. The van der Waals surface area contributed by atoms with Crippen molar-refractivity contribution in [3.05, 3.63) is 40.9 Å². The third-order valence-corrected chi connectivity index (χ3v) is 4.33. The molecule has 2 aliphatic rings. The van der Waals surface area contributed by atoms with E-state index in [2.05, 4.69) is 0 Å². The van der Waals surface area contributed by atoms with Crippen LogP contribution in [-0.2, 0) is 25.5 Å². The van der Waals surface area contributed by atoms with Crippen molar-refractivity contribution in [2.24, 2.45) is 5.92 Å². The molecule has 0 bridgehead atoms. The lowest BCUT2D eigenvalue weighted by molar-refractivity contribution is -0.121. The van der Waals surface area contributed by atoms with Gasteiger partial charge in [0, 0.05) is 12.0 Å². The van der Waals surface area contributed by atoms with Gasteiger partial charge in [0.05, 0.1) is 33.5 Å². The average molecular weight is 346 g/mol. The van der Waals surface area contributed by atoms with Gasteiger partial charge in [-0.05, 0) is 18.1 Å². The molecule has 0 radical (unpaired) electrons. The number of hydrogen-bond donors (Lipinski definition) is 1. The second-order valence-corrected chi connectivity index (χ2v) is 5.67. The standard InChI is InChI=1S/C18H18O7/c1-22-12-5-4-9-6-10(8-25-17(9)15(12)20)14-11(19)7-13(23-2)16(21)18(14)24-3/h4-5,7,10,20H,6,8H2,1-3H3. The molecule has 1 unspecified atom stereocenters. The number of ether oxygens (including phenoxy) is 4. The Morgan fingerprint density at radius 1 is 1.12 bits per heavy atom. The molecule has 7 heteroatoms. The molecule has 0 spiro atoms. The summed E-state index contributed by atoms with van der Waals surface area (Å²) in [5.41, 5.74) is 0.980. The van der Waals surface area contributed by atoms with Gasteiger partial charge in [0.1, 0.15) is 0 Å². The number of carbonyl (C=O) groups excluding carboxylic acids is 2. The molecule has 1 atom stereocenters. The topological polar surface area (TPSA) is 91.3 Å². The molecule has 1 aromatic rings. The highest BCUT2D eigenvalue weighted by Gasteiger charge is 2.37. The molecule has 3 rings (SSSR count). The Hall–Kier alpha value is -2.96. The van der Waals surface area contributed by atoms with Crippen LogP contribution in [0.5, 0.6) is 17.2 Å². The normalized spacial score (nSPS) is 19.8. The van der Waals surface area contributed by atoms with Crippen molar-refractivity contribution in [1.29, 1.82) is 0 Å². The van der Waals surface area contributed by atoms with Crippen LogP contribution >= 0.6 is 0 Å². The van der Waals surface area contributed by atoms with Gasteiger partial charge in [0.25, 0.3) is 5.78 Å². The van der Waals surface area contributed by atoms with E-state index in [1.165, 1.54) is 27.4 Å². The Kier molecular flexibility index (Phi) is 4.39. The first-order valence-electron chi connectivity index (χ1n) is 7.66. The molecule has 0 saturated heterocycles. The minimum absolute atomic E-state index is 0.0286. The lowest BCUT2D eigenvalue weighted by Gasteiger charge is -2.29. The minimum Gasteiger partial charge on any atom is -0.502 e. The molecule has 0 fully saturated rings. The Balaban J connectivity index is 1.97.